The summed E-state index contributed by atoms with van der Waals surface area (Å²) >= 11 is 0. The largest absolute Gasteiger partial charge is 0.457 e. The zero-order valence-electron chi connectivity index (χ0n) is 22.3. The van der Waals surface area contributed by atoms with E-state index in [4.69, 9.17) is 18.9 Å². The average Bonchev–Trinajstić information content (AvgIpc) is 3.24. The van der Waals surface area contributed by atoms with E-state index in [-0.39, 0.29) is 19.4 Å². The normalized spacial score (nSPS) is 46.3. The Hall–Kier alpha value is -2.30. The molecule has 3 aliphatic carbocycles. The van der Waals surface area contributed by atoms with Gasteiger partial charge >= 0.3 is 11.9 Å². The number of rotatable bonds is 3. The SMILES string of the molecule is CC(=O)O[C@@]12CO[C@@H]1C[C@H](O)[C@]1(C)[C@@H]2[C@H](OC(=O)c2ccccc2)[C@@]23C[C@H](O)C(C)=C2[C@@H](OC3(C)C)[C@@H]1O. The van der Waals surface area contributed by atoms with Crippen LogP contribution in [0.15, 0.2) is 41.5 Å². The number of carbonyl (C=O) groups is 2. The van der Waals surface area contributed by atoms with E-state index in [1.54, 1.807) is 37.3 Å². The molecule has 2 bridgehead atoms. The molecule has 2 saturated carbocycles. The maximum Gasteiger partial charge on any atom is 0.338 e. The van der Waals surface area contributed by atoms with Crippen molar-refractivity contribution in [2.24, 2.45) is 16.7 Å². The van der Waals surface area contributed by atoms with Crippen LogP contribution in [-0.4, -0.2) is 81.7 Å². The summed E-state index contributed by atoms with van der Waals surface area (Å²) in [6, 6.07) is 8.59. The molecule has 0 amide bonds. The quantitative estimate of drug-likeness (QED) is 0.398. The second-order valence-electron chi connectivity index (χ2n) is 12.4. The van der Waals surface area contributed by atoms with Crippen LogP contribution in [0.2, 0.25) is 0 Å². The molecular formula is C29H36O9. The van der Waals surface area contributed by atoms with Gasteiger partial charge in [-0.15, -0.1) is 0 Å². The van der Waals surface area contributed by atoms with Gasteiger partial charge in [-0.25, -0.2) is 4.79 Å². The molecule has 2 saturated heterocycles. The molecule has 5 aliphatic rings. The number of esters is 2. The van der Waals surface area contributed by atoms with Crippen molar-refractivity contribution >= 4 is 11.9 Å². The van der Waals surface area contributed by atoms with E-state index < -0.39 is 76.5 Å². The van der Waals surface area contributed by atoms with Crippen molar-refractivity contribution in [3.63, 3.8) is 0 Å². The number of fused-ring (bicyclic) bond motifs is 3. The molecule has 0 radical (unpaired) electrons. The van der Waals surface area contributed by atoms with Crippen LogP contribution in [0, 0.1) is 16.7 Å². The molecule has 9 heteroatoms. The average molecular weight is 529 g/mol. The summed E-state index contributed by atoms with van der Waals surface area (Å²) in [5.74, 6) is -1.97. The topological polar surface area (TPSA) is 132 Å². The fourth-order valence-electron chi connectivity index (χ4n) is 8.50. The van der Waals surface area contributed by atoms with Crippen LogP contribution in [0.25, 0.3) is 0 Å². The second-order valence-corrected chi connectivity index (χ2v) is 12.4. The van der Waals surface area contributed by atoms with Crippen LogP contribution in [0.1, 0.15) is 57.8 Å². The number of hydrogen-bond acceptors (Lipinski definition) is 9. The van der Waals surface area contributed by atoms with Gasteiger partial charge in [0.1, 0.15) is 18.3 Å². The minimum Gasteiger partial charge on any atom is -0.457 e. The van der Waals surface area contributed by atoms with E-state index in [0.717, 1.165) is 0 Å². The van der Waals surface area contributed by atoms with Gasteiger partial charge in [0.05, 0.1) is 47.4 Å². The molecule has 0 aromatic heterocycles. The first kappa shape index (κ1) is 26.0. The predicted molar refractivity (Wildman–Crippen MR) is 133 cm³/mol. The summed E-state index contributed by atoms with van der Waals surface area (Å²) in [7, 11) is 0. The number of aliphatic hydroxyl groups excluding tert-OH is 3. The van der Waals surface area contributed by atoms with E-state index in [1.807, 2.05) is 20.8 Å². The number of benzene rings is 1. The summed E-state index contributed by atoms with van der Waals surface area (Å²) in [5, 5.41) is 34.9. The second kappa shape index (κ2) is 8.11. The zero-order valence-corrected chi connectivity index (χ0v) is 22.3. The Morgan fingerprint density at radius 1 is 1.08 bits per heavy atom. The lowest BCUT2D eigenvalue weighted by molar-refractivity contribution is -0.359. The van der Waals surface area contributed by atoms with E-state index >= 15 is 0 Å². The van der Waals surface area contributed by atoms with Crippen molar-refractivity contribution in [1.82, 2.24) is 0 Å². The van der Waals surface area contributed by atoms with E-state index in [0.29, 0.717) is 16.7 Å². The first-order valence-electron chi connectivity index (χ1n) is 13.3. The van der Waals surface area contributed by atoms with Gasteiger partial charge in [-0.3, -0.25) is 4.79 Å². The monoisotopic (exact) mass is 528 g/mol. The smallest absolute Gasteiger partial charge is 0.338 e. The highest BCUT2D eigenvalue weighted by Crippen LogP contribution is 2.71. The van der Waals surface area contributed by atoms with Crippen molar-refractivity contribution in [3.05, 3.63) is 47.0 Å². The molecule has 0 spiro atoms. The Labute approximate surface area is 221 Å². The molecule has 38 heavy (non-hydrogen) atoms. The highest BCUT2D eigenvalue weighted by atomic mass is 16.6. The molecule has 2 aliphatic heterocycles. The van der Waals surface area contributed by atoms with Crippen LogP contribution in [0.3, 0.4) is 0 Å². The summed E-state index contributed by atoms with van der Waals surface area (Å²) in [4.78, 5) is 26.2. The summed E-state index contributed by atoms with van der Waals surface area (Å²) in [6.07, 6.45) is -5.33. The van der Waals surface area contributed by atoms with Gasteiger partial charge in [0.15, 0.2) is 5.60 Å². The van der Waals surface area contributed by atoms with Crippen LogP contribution in [0.5, 0.6) is 0 Å². The predicted octanol–water partition coefficient (Wildman–Crippen LogP) is 1.92. The lowest BCUT2D eigenvalue weighted by atomic mass is 9.49. The van der Waals surface area contributed by atoms with E-state index in [9.17, 15) is 24.9 Å². The lowest BCUT2D eigenvalue weighted by Gasteiger charge is -2.66. The maximum absolute atomic E-state index is 13.7. The Bertz CT molecular complexity index is 1210. The molecule has 6 rings (SSSR count). The molecule has 3 N–H and O–H groups in total. The molecular weight excluding hydrogens is 492 g/mol. The Morgan fingerprint density at radius 2 is 1.76 bits per heavy atom. The molecule has 1 aromatic rings. The van der Waals surface area contributed by atoms with Gasteiger partial charge in [-0.1, -0.05) is 25.1 Å². The lowest BCUT2D eigenvalue weighted by Crippen LogP contribution is -2.79. The van der Waals surface area contributed by atoms with Crippen molar-refractivity contribution < 1.29 is 43.9 Å². The standard InChI is InChI=1S/C29H36O9/c1-14-17(31)12-28-20(14)21(38-26(28,3)4)23(33)27(5)18(32)11-19-29(13-35-19,37-15(2)30)22(27)24(28)36-25(34)16-9-7-6-8-10-16/h6-10,17-19,21-24,31-33H,11-13H2,1-5H3/t17-,18-,19+,21+,22-,23-,24-,27+,28+,29-/m0/s1. The Kier molecular flexibility index (Phi) is 5.54. The van der Waals surface area contributed by atoms with Crippen LogP contribution < -0.4 is 0 Å². The number of hydrogen-bond donors (Lipinski definition) is 3. The zero-order chi connectivity index (χ0) is 27.4. The van der Waals surface area contributed by atoms with Gasteiger partial charge in [0.25, 0.3) is 0 Å². The van der Waals surface area contributed by atoms with Crippen molar-refractivity contribution in [1.29, 1.82) is 0 Å². The Morgan fingerprint density at radius 3 is 2.37 bits per heavy atom. The minimum atomic E-state index is -1.30. The van der Waals surface area contributed by atoms with Crippen LogP contribution in [-0.2, 0) is 23.7 Å². The van der Waals surface area contributed by atoms with Crippen LogP contribution >= 0.6 is 0 Å². The van der Waals surface area contributed by atoms with Gasteiger partial charge in [-0.2, -0.15) is 0 Å². The number of ether oxygens (including phenoxy) is 4. The fraction of sp³-hybridized carbons (Fsp3) is 0.655. The van der Waals surface area contributed by atoms with Gasteiger partial charge in [0.2, 0.25) is 0 Å². The third kappa shape index (κ3) is 2.99. The molecule has 9 nitrogen and oxygen atoms in total. The highest BCUT2D eigenvalue weighted by molar-refractivity contribution is 5.89. The third-order valence-corrected chi connectivity index (χ3v) is 10.4. The van der Waals surface area contributed by atoms with Gasteiger partial charge < -0.3 is 34.3 Å². The molecule has 4 fully saturated rings. The van der Waals surface area contributed by atoms with Crippen molar-refractivity contribution in [2.75, 3.05) is 6.61 Å². The van der Waals surface area contributed by atoms with Crippen molar-refractivity contribution in [2.45, 2.75) is 95.3 Å². The summed E-state index contributed by atoms with van der Waals surface area (Å²) < 4.78 is 24.9. The fourth-order valence-corrected chi connectivity index (χ4v) is 8.50. The van der Waals surface area contributed by atoms with Gasteiger partial charge in [-0.05, 0) is 50.5 Å². The Balaban J connectivity index is 1.63. The molecule has 1 aromatic carbocycles. The number of carbonyl (C=O) groups excluding carboxylic acids is 2. The molecule has 2 heterocycles. The minimum absolute atomic E-state index is 0.0406. The first-order valence-corrected chi connectivity index (χ1v) is 13.3. The molecule has 0 unspecified atom stereocenters. The summed E-state index contributed by atoms with van der Waals surface area (Å²) in [5.41, 5.74) is -2.87. The van der Waals surface area contributed by atoms with Crippen molar-refractivity contribution in [3.8, 4) is 0 Å². The molecule has 206 valence electrons. The highest BCUT2D eigenvalue weighted by Gasteiger charge is 2.81. The third-order valence-electron chi connectivity index (χ3n) is 10.4. The summed E-state index contributed by atoms with van der Waals surface area (Å²) in [6.45, 7) is 8.68. The van der Waals surface area contributed by atoms with E-state index in [1.165, 1.54) is 6.92 Å². The maximum atomic E-state index is 13.7. The van der Waals surface area contributed by atoms with E-state index in [2.05, 4.69) is 0 Å². The van der Waals surface area contributed by atoms with Gasteiger partial charge in [0, 0.05) is 18.8 Å². The number of aliphatic hydroxyl groups is 3. The molecule has 10 atom stereocenters. The van der Waals surface area contributed by atoms with Crippen LogP contribution in [0.4, 0.5) is 0 Å². The first-order chi connectivity index (χ1) is 17.8.